The van der Waals surface area contributed by atoms with Gasteiger partial charge in [-0.2, -0.15) is 0 Å². The zero-order valence-electron chi connectivity index (χ0n) is 55.7. The van der Waals surface area contributed by atoms with Gasteiger partial charge in [0.05, 0.1) is 84.3 Å². The van der Waals surface area contributed by atoms with Gasteiger partial charge in [0.15, 0.2) is 0 Å². The zero-order chi connectivity index (χ0) is 69.4. The van der Waals surface area contributed by atoms with Crippen molar-refractivity contribution >= 4 is 102 Å². The van der Waals surface area contributed by atoms with Crippen molar-refractivity contribution in [3.63, 3.8) is 0 Å². The van der Waals surface area contributed by atoms with Gasteiger partial charge in [-0.3, -0.25) is 19.2 Å². The Morgan fingerprint density at radius 3 is 0.673 bits per heavy atom. The van der Waals surface area contributed by atoms with Crippen LogP contribution in [0.5, 0.6) is 46.0 Å². The first kappa shape index (κ1) is 64.8. The number of imide groups is 2. The SMILES string of the molecule is COC(=O)c1ccc(Oc2cc3c4c(cc(Oc5ccc(C(=O)OC)cc5)c5c6c(Oc7ccc(C(=O)OC)cc7)cc7c8c(cc(Oc9ccc(C(=O)OC)cc9)c(c2c45)c86)C(=O)N(c2c(C(C)C)cccc2C(C)C)C7=O)C(=O)N(c2c(C(C)C)cccc2C(C)C)C3=O)cc1. The predicted octanol–water partition coefficient (Wildman–Crippen LogP) is 18.1. The van der Waals surface area contributed by atoms with Crippen LogP contribution in [0.3, 0.4) is 0 Å². The molecule has 0 unspecified atom stereocenters. The van der Waals surface area contributed by atoms with E-state index in [1.165, 1.54) is 86.8 Å². The van der Waals surface area contributed by atoms with E-state index >= 15 is 19.2 Å². The van der Waals surface area contributed by atoms with Crippen molar-refractivity contribution in [1.29, 1.82) is 0 Å². The number of ether oxygens (including phenoxy) is 8. The van der Waals surface area contributed by atoms with Crippen LogP contribution in [-0.4, -0.2) is 75.9 Å². The average molecular weight is 1310 g/mol. The molecule has 0 aliphatic carbocycles. The maximum absolute atomic E-state index is 16.4. The number of methoxy groups -OCH3 is 4. The van der Waals surface area contributed by atoms with E-state index in [1.54, 1.807) is 72.8 Å². The molecule has 0 radical (unpaired) electrons. The number of amides is 4. The standard InChI is InChI=1S/C80H66N2O16/c1-39(2)51-15-13-16-52(40(3)4)71(51)81-73(83)55-35-59(95-47-27-19-43(20-28-47)77(87)91-9)65-67-61(97-49-31-23-45(24-32-49)79(89)93-11)37-57-64-58(76(86)82(75(57)85)72-53(41(5)6)17-14-18-54(72)42(7)8)38-62(98-50-33-25-46(26-34-50)80(90)94-12)68(70(64)67)66-60(36-56(74(81)84)63(55)69(65)66)96-48-29-21-44(22-30-48)78(88)92-10/h13-42H,1-12H3. The zero-order valence-corrected chi connectivity index (χ0v) is 55.7. The van der Waals surface area contributed by atoms with Crippen LogP contribution in [0.1, 0.15) is 184 Å². The normalized spacial score (nSPS) is 12.9. The van der Waals surface area contributed by atoms with E-state index in [-0.39, 0.29) is 157 Å². The summed E-state index contributed by atoms with van der Waals surface area (Å²) in [5.41, 5.74) is 4.58. The van der Waals surface area contributed by atoms with Gasteiger partial charge in [-0.05, 0) is 167 Å². The van der Waals surface area contributed by atoms with Gasteiger partial charge < -0.3 is 37.9 Å². The van der Waals surface area contributed by atoms with E-state index in [4.69, 9.17) is 37.9 Å². The number of rotatable bonds is 18. The minimum Gasteiger partial charge on any atom is -0.465 e. The maximum atomic E-state index is 16.4. The minimum atomic E-state index is -0.702. The Hall–Kier alpha value is -11.9. The summed E-state index contributed by atoms with van der Waals surface area (Å²) in [5, 5.41) is 1.43. The van der Waals surface area contributed by atoms with Gasteiger partial charge in [-0.25, -0.2) is 29.0 Å². The largest absolute Gasteiger partial charge is 0.465 e. The number of hydrogen-bond acceptors (Lipinski definition) is 16. The van der Waals surface area contributed by atoms with Crippen LogP contribution in [0.15, 0.2) is 158 Å². The minimum absolute atomic E-state index is 0.00499. The lowest BCUT2D eigenvalue weighted by Gasteiger charge is -2.35. The van der Waals surface area contributed by atoms with Crippen LogP contribution in [0.4, 0.5) is 11.4 Å². The first-order valence-electron chi connectivity index (χ1n) is 31.9. The lowest BCUT2D eigenvalue weighted by Crippen LogP contribution is -2.42. The summed E-state index contributed by atoms with van der Waals surface area (Å²) in [6.45, 7) is 15.9. The first-order chi connectivity index (χ1) is 47.1. The Bertz CT molecular complexity index is 4560. The molecule has 18 nitrogen and oxygen atoms in total. The molecule has 4 amide bonds. The molecule has 11 aromatic carbocycles. The molecule has 0 N–H and O–H groups in total. The van der Waals surface area contributed by atoms with Crippen LogP contribution in [-0.2, 0) is 18.9 Å². The molecule has 2 aliphatic rings. The van der Waals surface area contributed by atoms with Gasteiger partial charge in [0, 0.05) is 43.1 Å². The van der Waals surface area contributed by atoms with Crippen molar-refractivity contribution in [2.24, 2.45) is 0 Å². The van der Waals surface area contributed by atoms with Crippen molar-refractivity contribution in [2.75, 3.05) is 38.2 Å². The van der Waals surface area contributed by atoms with Crippen molar-refractivity contribution < 1.29 is 76.3 Å². The third-order valence-corrected chi connectivity index (χ3v) is 18.0. The van der Waals surface area contributed by atoms with Crippen molar-refractivity contribution in [1.82, 2.24) is 0 Å². The average Bonchev–Trinajstić information content (AvgIpc) is 0.671. The predicted molar refractivity (Wildman–Crippen MR) is 371 cm³/mol. The Kier molecular flexibility index (Phi) is 16.7. The third kappa shape index (κ3) is 10.8. The summed E-state index contributed by atoms with van der Waals surface area (Å²) in [4.78, 5) is 120. The van der Waals surface area contributed by atoms with Gasteiger partial charge in [-0.15, -0.1) is 0 Å². The molecule has 13 rings (SSSR count). The van der Waals surface area contributed by atoms with Gasteiger partial charge in [-0.1, -0.05) is 91.8 Å². The van der Waals surface area contributed by atoms with Crippen LogP contribution >= 0.6 is 0 Å². The number of nitrogens with zero attached hydrogens (tertiary/aromatic N) is 2. The Morgan fingerprint density at radius 2 is 0.490 bits per heavy atom. The van der Waals surface area contributed by atoms with Crippen LogP contribution in [0.25, 0.3) is 43.1 Å². The van der Waals surface area contributed by atoms with Gasteiger partial charge in [0.1, 0.15) is 46.0 Å². The quantitative estimate of drug-likeness (QED) is 0.0256. The Labute approximate surface area is 563 Å². The molecular formula is C80H66N2O16. The lowest BCUT2D eigenvalue weighted by atomic mass is 9.80. The van der Waals surface area contributed by atoms with E-state index < -0.39 is 47.5 Å². The molecule has 0 atom stereocenters. The fourth-order valence-electron chi connectivity index (χ4n) is 13.4. The van der Waals surface area contributed by atoms with E-state index in [1.807, 2.05) is 91.8 Å². The molecule has 0 saturated heterocycles. The molecule has 11 aromatic rings. The number of esters is 4. The maximum Gasteiger partial charge on any atom is 0.337 e. The molecule has 492 valence electrons. The first-order valence-corrected chi connectivity index (χ1v) is 31.9. The van der Waals surface area contributed by atoms with E-state index in [9.17, 15) is 19.2 Å². The second-order valence-corrected chi connectivity index (χ2v) is 25.2. The highest BCUT2D eigenvalue weighted by molar-refractivity contribution is 6.48. The fraction of sp³-hybridized carbons (Fsp3) is 0.200. The van der Waals surface area contributed by atoms with Gasteiger partial charge >= 0.3 is 23.9 Å². The third-order valence-electron chi connectivity index (χ3n) is 18.0. The number of para-hydroxylation sites is 2. The topological polar surface area (TPSA) is 217 Å². The summed E-state index contributed by atoms with van der Waals surface area (Å²) >= 11 is 0. The van der Waals surface area contributed by atoms with Crippen molar-refractivity contribution in [2.45, 2.75) is 79.1 Å². The Morgan fingerprint density at radius 1 is 0.286 bits per heavy atom. The molecule has 0 bridgehead atoms. The monoisotopic (exact) mass is 1310 g/mol. The number of carbonyl (C=O) groups is 8. The number of hydrogen-bond donors (Lipinski definition) is 0. The van der Waals surface area contributed by atoms with E-state index in [0.717, 1.165) is 22.3 Å². The van der Waals surface area contributed by atoms with Crippen LogP contribution in [0.2, 0.25) is 0 Å². The van der Waals surface area contributed by atoms with Crippen molar-refractivity contribution in [3.05, 3.63) is 224 Å². The second kappa shape index (κ2) is 25.3. The molecule has 0 aromatic heterocycles. The smallest absolute Gasteiger partial charge is 0.337 e. The lowest BCUT2D eigenvalue weighted by molar-refractivity contribution is 0.0592. The molecule has 2 aliphatic heterocycles. The summed E-state index contributed by atoms with van der Waals surface area (Å²) in [7, 11) is 5.05. The number of anilines is 2. The highest BCUT2D eigenvalue weighted by Gasteiger charge is 2.44. The summed E-state index contributed by atoms with van der Waals surface area (Å²) in [6.07, 6.45) is 0. The molecule has 0 spiro atoms. The highest BCUT2D eigenvalue weighted by Crippen LogP contribution is 2.59. The Balaban J connectivity index is 1.26. The molecule has 18 heteroatoms. The van der Waals surface area contributed by atoms with Gasteiger partial charge in [0.2, 0.25) is 0 Å². The summed E-state index contributed by atoms with van der Waals surface area (Å²) in [6, 6.07) is 42.2. The van der Waals surface area contributed by atoms with Crippen LogP contribution in [0, 0.1) is 0 Å². The van der Waals surface area contributed by atoms with Gasteiger partial charge in [0.25, 0.3) is 23.6 Å². The summed E-state index contributed by atoms with van der Waals surface area (Å²) in [5.74, 6) is -5.35. The fourth-order valence-corrected chi connectivity index (χ4v) is 13.4. The van der Waals surface area contributed by atoms with Crippen molar-refractivity contribution in [3.8, 4) is 46.0 Å². The summed E-state index contributed by atoms with van der Waals surface area (Å²) < 4.78 is 48.9. The molecule has 0 saturated carbocycles. The highest BCUT2D eigenvalue weighted by atomic mass is 16.5. The van der Waals surface area contributed by atoms with Crippen LogP contribution < -0.4 is 28.7 Å². The van der Waals surface area contributed by atoms with E-state index in [2.05, 4.69) is 0 Å². The molecule has 2 heterocycles. The molecular weight excluding hydrogens is 1240 g/mol. The number of carbonyl (C=O) groups excluding carboxylic acids is 8. The molecule has 98 heavy (non-hydrogen) atoms. The number of benzene rings is 11. The van der Waals surface area contributed by atoms with E-state index in [0.29, 0.717) is 11.4 Å². The molecule has 0 fully saturated rings. The second-order valence-electron chi connectivity index (χ2n) is 25.2. The number of fused-ring (bicyclic) bond motifs is 2.